The first kappa shape index (κ1) is 15.9. The highest BCUT2D eigenvalue weighted by atomic mass is 19.1. The molecule has 2 atom stereocenters. The zero-order valence-electron chi connectivity index (χ0n) is 12.5. The quantitative estimate of drug-likeness (QED) is 0.648. The van der Waals surface area contributed by atoms with Crippen molar-refractivity contribution in [2.24, 2.45) is 5.92 Å². The maximum absolute atomic E-state index is 14.0. The number of aromatic nitrogens is 1. The highest BCUT2D eigenvalue weighted by Gasteiger charge is 2.53. The molecule has 0 saturated heterocycles. The minimum absolute atomic E-state index is 0.0354. The second-order valence-corrected chi connectivity index (χ2v) is 5.44. The number of nitrogens with one attached hydrogen (secondary N) is 1. The molecular weight excluding hydrogens is 317 g/mol. The first-order chi connectivity index (χ1) is 11.5. The first-order valence-electron chi connectivity index (χ1n) is 7.31. The molecule has 24 heavy (non-hydrogen) atoms. The Bertz CT molecular complexity index is 769. The highest BCUT2D eigenvalue weighted by Crippen LogP contribution is 2.34. The van der Waals surface area contributed by atoms with Crippen LogP contribution in [0.1, 0.15) is 12.1 Å². The summed E-state index contributed by atoms with van der Waals surface area (Å²) in [5.74, 6) is -1.72. The van der Waals surface area contributed by atoms with E-state index in [0.717, 1.165) is 6.07 Å². The van der Waals surface area contributed by atoms with Gasteiger partial charge in [0.15, 0.2) is 11.6 Å². The van der Waals surface area contributed by atoms with E-state index in [4.69, 9.17) is 4.74 Å². The maximum Gasteiger partial charge on any atom is 0.234 e. The molecule has 1 saturated carbocycles. The predicted octanol–water partition coefficient (Wildman–Crippen LogP) is 2.40. The number of amides is 1. The Kier molecular flexibility index (Phi) is 4.37. The van der Waals surface area contributed by atoms with Gasteiger partial charge in [-0.05, 0) is 24.3 Å². The summed E-state index contributed by atoms with van der Waals surface area (Å²) < 4.78 is 19.4. The third-order valence-electron chi connectivity index (χ3n) is 3.67. The number of carbonyl (C=O) groups is 1. The van der Waals surface area contributed by atoms with E-state index in [1.54, 1.807) is 24.4 Å². The number of rotatable bonds is 6. The van der Waals surface area contributed by atoms with Crippen molar-refractivity contribution in [2.75, 3.05) is 5.32 Å². The van der Waals surface area contributed by atoms with Gasteiger partial charge < -0.3 is 10.1 Å². The first-order valence-corrected chi connectivity index (χ1v) is 7.31. The topological polar surface area (TPSA) is 94.4 Å². The molecule has 1 aliphatic carbocycles. The summed E-state index contributed by atoms with van der Waals surface area (Å²) in [5, 5.41) is 13.0. The third-order valence-corrected chi connectivity index (χ3v) is 3.67. The van der Waals surface area contributed by atoms with Gasteiger partial charge in [-0.15, -0.1) is 0 Å². The Morgan fingerprint density at radius 2 is 2.25 bits per heavy atom. The molecule has 8 heteroatoms. The van der Waals surface area contributed by atoms with E-state index >= 15 is 0 Å². The van der Waals surface area contributed by atoms with E-state index in [9.17, 15) is 19.3 Å². The fourth-order valence-corrected chi connectivity index (χ4v) is 2.26. The van der Waals surface area contributed by atoms with E-state index in [1.807, 2.05) is 0 Å². The molecule has 0 radical (unpaired) electrons. The summed E-state index contributed by atoms with van der Waals surface area (Å²) in [7, 11) is 0. The van der Waals surface area contributed by atoms with Crippen LogP contribution in [0.2, 0.25) is 0 Å². The van der Waals surface area contributed by atoms with Crippen LogP contribution in [0, 0.1) is 21.8 Å². The molecule has 2 aromatic rings. The van der Waals surface area contributed by atoms with Crippen molar-refractivity contribution >= 4 is 11.6 Å². The largest absolute Gasteiger partial charge is 0.484 e. The summed E-state index contributed by atoms with van der Waals surface area (Å²) >= 11 is 0. The lowest BCUT2D eigenvalue weighted by Gasteiger charge is -2.09. The number of ether oxygens (including phenoxy) is 1. The molecule has 124 valence electrons. The van der Waals surface area contributed by atoms with Crippen molar-refractivity contribution in [2.45, 2.75) is 19.1 Å². The van der Waals surface area contributed by atoms with E-state index in [-0.39, 0.29) is 24.5 Å². The Morgan fingerprint density at radius 3 is 2.88 bits per heavy atom. The van der Waals surface area contributed by atoms with Gasteiger partial charge in [-0.2, -0.15) is 0 Å². The normalized spacial score (nSPS) is 18.7. The maximum atomic E-state index is 14.0. The van der Waals surface area contributed by atoms with Crippen LogP contribution >= 0.6 is 0 Å². The number of nitro groups is 1. The van der Waals surface area contributed by atoms with Crippen molar-refractivity contribution in [3.05, 3.63) is 64.2 Å². The SMILES string of the molecule is O=C(Nc1ccc(OCc2ccccn2)c(F)c1)[C@@H]1C[C@@H]1[N+](=O)[O-]. The van der Waals surface area contributed by atoms with Gasteiger partial charge >= 0.3 is 0 Å². The molecule has 1 aromatic carbocycles. The second kappa shape index (κ2) is 6.61. The molecule has 3 rings (SSSR count). The summed E-state index contributed by atoms with van der Waals surface area (Å²) in [6, 6.07) is 8.49. The standard InChI is InChI=1S/C16H14FN3O4/c17-13-7-10(19-16(21)12-8-14(12)20(22)23)4-5-15(13)24-9-11-3-1-2-6-18-11/h1-7,12,14H,8-9H2,(H,19,21)/t12-,14+/m1/s1. The molecule has 0 aliphatic heterocycles. The lowest BCUT2D eigenvalue weighted by Crippen LogP contribution is -2.18. The average Bonchev–Trinajstić information content (AvgIpc) is 3.36. The van der Waals surface area contributed by atoms with Crippen molar-refractivity contribution in [3.63, 3.8) is 0 Å². The van der Waals surface area contributed by atoms with Crippen LogP contribution in [0.5, 0.6) is 5.75 Å². The van der Waals surface area contributed by atoms with Gasteiger partial charge in [0, 0.05) is 29.3 Å². The predicted molar refractivity (Wildman–Crippen MR) is 82.5 cm³/mol. The lowest BCUT2D eigenvalue weighted by molar-refractivity contribution is -0.497. The van der Waals surface area contributed by atoms with Crippen molar-refractivity contribution in [3.8, 4) is 5.75 Å². The average molecular weight is 331 g/mol. The molecule has 1 fully saturated rings. The number of hydrogen-bond donors (Lipinski definition) is 1. The fraction of sp³-hybridized carbons (Fsp3) is 0.250. The summed E-state index contributed by atoms with van der Waals surface area (Å²) in [6.45, 7) is 0.121. The van der Waals surface area contributed by atoms with Gasteiger partial charge in [-0.3, -0.25) is 19.9 Å². The Hall–Kier alpha value is -3.03. The van der Waals surface area contributed by atoms with Crippen LogP contribution in [-0.2, 0) is 11.4 Å². The van der Waals surface area contributed by atoms with Crippen LogP contribution < -0.4 is 10.1 Å². The number of nitrogens with zero attached hydrogens (tertiary/aromatic N) is 2. The zero-order valence-corrected chi connectivity index (χ0v) is 12.5. The molecule has 1 aromatic heterocycles. The van der Waals surface area contributed by atoms with Crippen LogP contribution in [0.25, 0.3) is 0 Å². The van der Waals surface area contributed by atoms with E-state index in [1.165, 1.54) is 12.1 Å². The van der Waals surface area contributed by atoms with Gasteiger partial charge in [0.2, 0.25) is 11.9 Å². The smallest absolute Gasteiger partial charge is 0.234 e. The molecule has 0 spiro atoms. The number of pyridine rings is 1. The number of carbonyl (C=O) groups excluding carboxylic acids is 1. The number of halogens is 1. The number of benzene rings is 1. The van der Waals surface area contributed by atoms with Gasteiger partial charge in [0.25, 0.3) is 0 Å². The molecular formula is C16H14FN3O4. The van der Waals surface area contributed by atoms with E-state index in [0.29, 0.717) is 5.69 Å². The van der Waals surface area contributed by atoms with Crippen molar-refractivity contribution < 1.29 is 18.8 Å². The van der Waals surface area contributed by atoms with Crippen LogP contribution in [0.15, 0.2) is 42.6 Å². The van der Waals surface area contributed by atoms with Gasteiger partial charge in [0.1, 0.15) is 12.5 Å². The fourth-order valence-electron chi connectivity index (χ4n) is 2.26. The van der Waals surface area contributed by atoms with E-state index in [2.05, 4.69) is 10.3 Å². The molecule has 7 nitrogen and oxygen atoms in total. The number of anilines is 1. The minimum Gasteiger partial charge on any atom is -0.484 e. The monoisotopic (exact) mass is 331 g/mol. The molecule has 0 bridgehead atoms. The second-order valence-electron chi connectivity index (χ2n) is 5.44. The molecule has 1 amide bonds. The third kappa shape index (κ3) is 3.65. The zero-order chi connectivity index (χ0) is 17.1. The van der Waals surface area contributed by atoms with E-state index < -0.39 is 28.6 Å². The molecule has 1 N–H and O–H groups in total. The summed E-state index contributed by atoms with van der Waals surface area (Å²) in [5.41, 5.74) is 0.894. The number of hydrogen-bond acceptors (Lipinski definition) is 5. The Morgan fingerprint density at radius 1 is 1.42 bits per heavy atom. The minimum atomic E-state index is -0.837. The molecule has 0 unspecified atom stereocenters. The molecule has 1 aliphatic rings. The van der Waals surface area contributed by atoms with Gasteiger partial charge in [-0.1, -0.05) is 6.07 Å². The molecule has 1 heterocycles. The van der Waals surface area contributed by atoms with Crippen molar-refractivity contribution in [1.82, 2.24) is 4.98 Å². The Balaban J connectivity index is 1.58. The van der Waals surface area contributed by atoms with Gasteiger partial charge in [0.05, 0.1) is 5.69 Å². The van der Waals surface area contributed by atoms with Gasteiger partial charge in [-0.25, -0.2) is 4.39 Å². The summed E-state index contributed by atoms with van der Waals surface area (Å²) in [4.78, 5) is 26.0. The Labute approximate surface area is 136 Å². The van der Waals surface area contributed by atoms with Crippen molar-refractivity contribution in [1.29, 1.82) is 0 Å². The highest BCUT2D eigenvalue weighted by molar-refractivity contribution is 5.94. The lowest BCUT2D eigenvalue weighted by atomic mass is 10.2. The van der Waals surface area contributed by atoms with Crippen LogP contribution in [0.3, 0.4) is 0 Å². The van der Waals surface area contributed by atoms with Crippen LogP contribution in [0.4, 0.5) is 10.1 Å². The van der Waals surface area contributed by atoms with Crippen LogP contribution in [-0.4, -0.2) is 21.9 Å². The summed E-state index contributed by atoms with van der Waals surface area (Å²) in [6.07, 6.45) is 1.83.